The Hall–Kier alpha value is -2.76. The minimum atomic E-state index is 0.587. The highest BCUT2D eigenvalue weighted by atomic mass is 16.5. The van der Waals surface area contributed by atoms with E-state index in [-0.39, 0.29) is 0 Å². The third-order valence-corrected chi connectivity index (χ3v) is 4.58. The number of anilines is 1. The van der Waals surface area contributed by atoms with E-state index in [0.29, 0.717) is 23.9 Å². The normalized spacial score (nSPS) is 13.8. The van der Waals surface area contributed by atoms with E-state index < -0.39 is 0 Å². The van der Waals surface area contributed by atoms with Gasteiger partial charge in [0.1, 0.15) is 6.61 Å². The first-order valence-electron chi connectivity index (χ1n) is 7.80. The number of aromatic amines is 1. The van der Waals surface area contributed by atoms with Crippen LogP contribution in [0.1, 0.15) is 0 Å². The number of hydrogen-bond acceptors (Lipinski definition) is 5. The fraction of sp³-hybridized carbons (Fsp3) is 0.333. The van der Waals surface area contributed by atoms with E-state index in [1.54, 1.807) is 21.3 Å². The van der Waals surface area contributed by atoms with Gasteiger partial charge in [-0.2, -0.15) is 0 Å². The monoisotopic (exact) mass is 328 g/mol. The van der Waals surface area contributed by atoms with Crippen molar-refractivity contribution in [1.82, 2.24) is 4.98 Å². The van der Waals surface area contributed by atoms with Gasteiger partial charge in [-0.15, -0.1) is 0 Å². The number of ether oxygens (including phenoxy) is 4. The van der Waals surface area contributed by atoms with Crippen LogP contribution in [0, 0.1) is 0 Å². The summed E-state index contributed by atoms with van der Waals surface area (Å²) in [6.07, 6.45) is 0. The van der Waals surface area contributed by atoms with Crippen LogP contribution >= 0.6 is 0 Å². The number of fused-ring (bicyclic) bond motifs is 5. The van der Waals surface area contributed by atoms with Gasteiger partial charge >= 0.3 is 0 Å². The van der Waals surface area contributed by atoms with Crippen molar-refractivity contribution < 1.29 is 18.9 Å². The number of nitrogens with one attached hydrogen (secondary N) is 1. The maximum atomic E-state index is 5.95. The summed E-state index contributed by atoms with van der Waals surface area (Å²) < 4.78 is 22.6. The van der Waals surface area contributed by atoms with Crippen molar-refractivity contribution in [3.05, 3.63) is 18.2 Å². The summed E-state index contributed by atoms with van der Waals surface area (Å²) in [7, 11) is 6.94. The van der Waals surface area contributed by atoms with E-state index >= 15 is 0 Å². The smallest absolute Gasteiger partial charge is 0.204 e. The molecule has 24 heavy (non-hydrogen) atoms. The zero-order valence-corrected chi connectivity index (χ0v) is 14.2. The molecular formula is C18H20N2O4. The molecule has 0 atom stereocenters. The molecule has 0 amide bonds. The Labute approximate surface area is 139 Å². The number of methoxy groups -OCH3 is 3. The third-order valence-electron chi connectivity index (χ3n) is 4.58. The largest absolute Gasteiger partial charge is 0.493 e. The van der Waals surface area contributed by atoms with Crippen LogP contribution in [0.2, 0.25) is 0 Å². The van der Waals surface area contributed by atoms with E-state index in [9.17, 15) is 0 Å². The molecule has 3 aromatic rings. The van der Waals surface area contributed by atoms with Gasteiger partial charge in [0, 0.05) is 18.5 Å². The van der Waals surface area contributed by atoms with Crippen molar-refractivity contribution in [2.75, 3.05) is 46.4 Å². The van der Waals surface area contributed by atoms with Crippen LogP contribution in [-0.2, 0) is 0 Å². The van der Waals surface area contributed by atoms with Crippen molar-refractivity contribution in [2.24, 2.45) is 0 Å². The molecular weight excluding hydrogens is 308 g/mol. The van der Waals surface area contributed by atoms with Gasteiger partial charge in [0.05, 0.1) is 50.0 Å². The summed E-state index contributed by atoms with van der Waals surface area (Å²) in [5.74, 6) is 2.74. The number of nitrogens with zero attached hydrogens (tertiary/aromatic N) is 1. The van der Waals surface area contributed by atoms with E-state index in [1.807, 2.05) is 6.07 Å². The van der Waals surface area contributed by atoms with Crippen molar-refractivity contribution in [3.63, 3.8) is 0 Å². The Bertz CT molecular complexity index is 932. The molecule has 0 saturated heterocycles. The molecule has 2 heterocycles. The minimum absolute atomic E-state index is 0.587. The second-order valence-electron chi connectivity index (χ2n) is 5.80. The third kappa shape index (κ3) is 1.89. The number of likely N-dealkylation sites (N-methyl/N-ethyl adjacent to an activating group) is 1. The molecule has 1 aromatic heterocycles. The van der Waals surface area contributed by atoms with Gasteiger partial charge in [0.2, 0.25) is 5.75 Å². The maximum absolute atomic E-state index is 5.95. The number of H-pyrrole nitrogens is 1. The lowest BCUT2D eigenvalue weighted by Crippen LogP contribution is -2.28. The van der Waals surface area contributed by atoms with Crippen LogP contribution in [0.4, 0.5) is 5.69 Å². The van der Waals surface area contributed by atoms with Gasteiger partial charge in [-0.3, -0.25) is 0 Å². The molecule has 6 nitrogen and oxygen atoms in total. The van der Waals surface area contributed by atoms with Gasteiger partial charge in [-0.1, -0.05) is 0 Å². The van der Waals surface area contributed by atoms with E-state index in [4.69, 9.17) is 18.9 Å². The lowest BCUT2D eigenvalue weighted by Gasteiger charge is -2.27. The first-order valence-corrected chi connectivity index (χ1v) is 7.80. The molecule has 0 aliphatic carbocycles. The lowest BCUT2D eigenvalue weighted by molar-refractivity contribution is 0.314. The summed E-state index contributed by atoms with van der Waals surface area (Å²) in [5, 5.41) is 2.00. The first kappa shape index (κ1) is 14.8. The molecule has 1 aliphatic heterocycles. The lowest BCUT2D eigenvalue weighted by atomic mass is 10.1. The van der Waals surface area contributed by atoms with E-state index in [2.05, 4.69) is 29.1 Å². The standard InChI is InChI=1S/C18H20N2O4/c1-20-7-8-24-16-12(20)6-5-10-14-11(19-15(10)16)9-13(21-2)17(22-3)18(14)23-4/h5-6,9,19H,7-8H2,1-4H3. The van der Waals surface area contributed by atoms with Crippen LogP contribution < -0.4 is 23.8 Å². The first-order chi connectivity index (χ1) is 11.7. The van der Waals surface area contributed by atoms with Crippen LogP contribution in [0.25, 0.3) is 21.8 Å². The number of rotatable bonds is 3. The summed E-state index contributed by atoms with van der Waals surface area (Å²) in [6, 6.07) is 6.10. The van der Waals surface area contributed by atoms with Crippen molar-refractivity contribution in [3.8, 4) is 23.0 Å². The Morgan fingerprint density at radius 2 is 1.88 bits per heavy atom. The van der Waals surface area contributed by atoms with Crippen LogP contribution in [0.5, 0.6) is 23.0 Å². The molecule has 1 N–H and O–H groups in total. The average Bonchev–Trinajstić information content (AvgIpc) is 2.98. The highest BCUT2D eigenvalue weighted by Crippen LogP contribution is 2.48. The van der Waals surface area contributed by atoms with Gasteiger partial charge in [0.25, 0.3) is 0 Å². The summed E-state index contributed by atoms with van der Waals surface area (Å²) in [5.41, 5.74) is 2.96. The molecule has 126 valence electrons. The van der Waals surface area contributed by atoms with Crippen molar-refractivity contribution in [2.45, 2.75) is 0 Å². The molecule has 2 aromatic carbocycles. The number of hydrogen-bond donors (Lipinski definition) is 1. The molecule has 1 aliphatic rings. The zero-order chi connectivity index (χ0) is 16.8. The van der Waals surface area contributed by atoms with Gasteiger partial charge < -0.3 is 28.8 Å². The van der Waals surface area contributed by atoms with Gasteiger partial charge in [-0.25, -0.2) is 0 Å². The van der Waals surface area contributed by atoms with Crippen LogP contribution in [0.15, 0.2) is 18.2 Å². The van der Waals surface area contributed by atoms with E-state index in [0.717, 1.165) is 39.8 Å². The summed E-state index contributed by atoms with van der Waals surface area (Å²) >= 11 is 0. The van der Waals surface area contributed by atoms with Gasteiger partial charge in [-0.05, 0) is 12.1 Å². The highest BCUT2D eigenvalue weighted by molar-refractivity contribution is 6.15. The van der Waals surface area contributed by atoms with Crippen LogP contribution in [0.3, 0.4) is 0 Å². The molecule has 0 saturated carbocycles. The number of benzene rings is 2. The van der Waals surface area contributed by atoms with Crippen LogP contribution in [-0.4, -0.2) is 46.5 Å². The Balaban J connectivity index is 2.12. The molecule has 4 rings (SSSR count). The van der Waals surface area contributed by atoms with E-state index in [1.165, 1.54) is 0 Å². The van der Waals surface area contributed by atoms with Gasteiger partial charge in [0.15, 0.2) is 17.2 Å². The topological polar surface area (TPSA) is 56.0 Å². The zero-order valence-electron chi connectivity index (χ0n) is 14.2. The quantitative estimate of drug-likeness (QED) is 0.800. The predicted molar refractivity (Wildman–Crippen MR) is 94.2 cm³/mol. The Kier molecular flexibility index (Phi) is 3.33. The second-order valence-corrected chi connectivity index (χ2v) is 5.80. The van der Waals surface area contributed by atoms with Crippen molar-refractivity contribution >= 4 is 27.5 Å². The number of aromatic nitrogens is 1. The molecule has 0 bridgehead atoms. The Morgan fingerprint density at radius 1 is 1.08 bits per heavy atom. The minimum Gasteiger partial charge on any atom is -0.493 e. The summed E-state index contributed by atoms with van der Waals surface area (Å²) in [4.78, 5) is 5.66. The highest BCUT2D eigenvalue weighted by Gasteiger charge is 2.24. The van der Waals surface area contributed by atoms with Crippen molar-refractivity contribution in [1.29, 1.82) is 0 Å². The fourth-order valence-electron chi connectivity index (χ4n) is 3.41. The molecule has 0 radical (unpaired) electrons. The maximum Gasteiger partial charge on any atom is 0.204 e. The molecule has 0 fully saturated rings. The SMILES string of the molecule is COc1cc2[nH]c3c4c(ccc3c2c(OC)c1OC)N(C)CCO4. The molecule has 0 spiro atoms. The molecule has 0 unspecified atom stereocenters. The second kappa shape index (κ2) is 5.40. The summed E-state index contributed by atoms with van der Waals surface area (Å²) in [6.45, 7) is 1.55. The predicted octanol–water partition coefficient (Wildman–Crippen LogP) is 3.18. The molecule has 6 heteroatoms. The Morgan fingerprint density at radius 3 is 2.58 bits per heavy atom. The fourth-order valence-corrected chi connectivity index (χ4v) is 3.41. The average molecular weight is 328 g/mol.